The molecular formula is C28H46N7O20P3S. The number of hydrogen-bond donors (Lipinski definition) is 11. The number of phosphoric ester groups is 3. The van der Waals surface area contributed by atoms with Crippen LogP contribution in [-0.2, 0) is 55.5 Å². The van der Waals surface area contributed by atoms with Crippen LogP contribution in [0.4, 0.5) is 5.82 Å². The number of nitrogens with two attached hydrogens (primary N) is 1. The maximum absolute atomic E-state index is 12.7. The van der Waals surface area contributed by atoms with Gasteiger partial charge in [-0.05, 0) is 6.42 Å². The van der Waals surface area contributed by atoms with E-state index in [2.05, 4.69) is 34.4 Å². The molecule has 8 unspecified atom stereocenters. The fourth-order valence-electron chi connectivity index (χ4n) is 5.21. The Labute approximate surface area is 338 Å². The van der Waals surface area contributed by atoms with Crippen LogP contribution < -0.4 is 16.4 Å². The molecule has 27 nitrogen and oxygen atoms in total. The average molecular weight is 926 g/mol. The molecule has 1 fully saturated rings. The van der Waals surface area contributed by atoms with Gasteiger partial charge >= 0.3 is 29.4 Å². The molecule has 0 aliphatic carbocycles. The van der Waals surface area contributed by atoms with Crippen LogP contribution >= 0.6 is 35.2 Å². The number of nitrogens with one attached hydrogen (secondary N) is 2. The molecular weight excluding hydrogens is 879 g/mol. The number of carboxylic acids is 1. The number of thioether (sulfide) groups is 1. The number of nitrogens with zero attached hydrogens (tertiary/aromatic N) is 4. The highest BCUT2D eigenvalue weighted by molar-refractivity contribution is 8.13. The maximum atomic E-state index is 12.7. The van der Waals surface area contributed by atoms with E-state index in [-0.39, 0.29) is 48.7 Å². The second kappa shape index (κ2) is 20.7. The van der Waals surface area contributed by atoms with Crippen LogP contribution in [0.25, 0.3) is 11.2 Å². The molecule has 2 aromatic rings. The van der Waals surface area contributed by atoms with Crippen LogP contribution in [0.2, 0.25) is 0 Å². The third-order valence-electron chi connectivity index (χ3n) is 8.38. The molecule has 8 atom stereocenters. The zero-order valence-corrected chi connectivity index (χ0v) is 35.0. The number of carboxylic acid groups (broad SMARTS) is 1. The number of nitrogen functional groups attached to an aromatic ring is 1. The standard InChI is InChI=1S/C28H46N7O20P3S/c1-4-28(43,9-17(37)38)10-18(39)59-8-7-30-16(36)5-6-31-25(42)22(41)27(2,3)12-52-58(49,50)55-57(47,48)51-11-15-21(54-56(44,45)46)20(40)26(53-15)35-14-34-19-23(29)32-13-33-24(19)35/h13-15,20-22,26,40-41,43H,4-12H2,1-3H3,(H,30,36)(H,31,42)(H,37,38)(H,47,48)(H,49,50)(H2,29,32,33)(H2,44,45,46). The predicted molar refractivity (Wildman–Crippen MR) is 199 cm³/mol. The minimum atomic E-state index is -5.60. The van der Waals surface area contributed by atoms with E-state index in [4.69, 9.17) is 24.6 Å². The predicted octanol–water partition coefficient (Wildman–Crippen LogP) is -1.33. The van der Waals surface area contributed by atoms with Crippen molar-refractivity contribution in [1.29, 1.82) is 0 Å². The van der Waals surface area contributed by atoms with Crippen LogP contribution in [0.15, 0.2) is 12.7 Å². The van der Waals surface area contributed by atoms with Gasteiger partial charge < -0.3 is 61.1 Å². The Morgan fingerprint density at radius 3 is 2.32 bits per heavy atom. The fraction of sp³-hybridized carbons (Fsp3) is 0.679. The number of aliphatic carboxylic acids is 1. The van der Waals surface area contributed by atoms with Crippen molar-refractivity contribution in [3.8, 4) is 0 Å². The van der Waals surface area contributed by atoms with Gasteiger partial charge in [0.05, 0.1) is 31.6 Å². The van der Waals surface area contributed by atoms with Crippen molar-refractivity contribution in [2.45, 2.75) is 82.7 Å². The Bertz CT molecular complexity index is 1970. The lowest BCUT2D eigenvalue weighted by molar-refractivity contribution is -0.143. The number of phosphoric acid groups is 3. The highest BCUT2D eigenvalue weighted by Crippen LogP contribution is 2.61. The topological polar surface area (TPSA) is 421 Å². The van der Waals surface area contributed by atoms with Crippen molar-refractivity contribution >= 4 is 75.1 Å². The first-order valence-corrected chi connectivity index (χ1v) is 22.7. The van der Waals surface area contributed by atoms with Gasteiger partial charge in [-0.25, -0.2) is 28.6 Å². The summed E-state index contributed by atoms with van der Waals surface area (Å²) in [5.74, 6) is -2.79. The molecule has 31 heteroatoms. The second-order valence-electron chi connectivity index (χ2n) is 13.6. The number of aliphatic hydroxyl groups is 3. The molecule has 0 bridgehead atoms. The zero-order valence-electron chi connectivity index (χ0n) is 31.5. The number of aliphatic hydroxyl groups excluding tert-OH is 2. The molecule has 0 radical (unpaired) electrons. The molecule has 3 rings (SSSR count). The van der Waals surface area contributed by atoms with Crippen molar-refractivity contribution in [3.63, 3.8) is 0 Å². The number of hydrogen-bond acceptors (Lipinski definition) is 20. The number of fused-ring (bicyclic) bond motifs is 1. The minimum Gasteiger partial charge on any atom is -0.481 e. The van der Waals surface area contributed by atoms with E-state index in [0.29, 0.717) is 0 Å². The van der Waals surface area contributed by atoms with Gasteiger partial charge in [-0.3, -0.25) is 37.3 Å². The summed E-state index contributed by atoms with van der Waals surface area (Å²) in [5, 5.41) is 44.9. The molecule has 0 saturated carbocycles. The van der Waals surface area contributed by atoms with Crippen molar-refractivity contribution in [1.82, 2.24) is 30.2 Å². The lowest BCUT2D eigenvalue weighted by Gasteiger charge is -2.30. The van der Waals surface area contributed by atoms with E-state index in [9.17, 15) is 67.8 Å². The summed E-state index contributed by atoms with van der Waals surface area (Å²) in [6.07, 6.45) is -8.12. The monoisotopic (exact) mass is 925 g/mol. The number of amides is 2. The van der Waals surface area contributed by atoms with E-state index < -0.39 is 114 Å². The molecule has 0 spiro atoms. The van der Waals surface area contributed by atoms with Gasteiger partial charge in [0.25, 0.3) is 0 Å². The molecule has 12 N–H and O–H groups in total. The molecule has 1 saturated heterocycles. The molecule has 1 aliphatic heterocycles. The van der Waals surface area contributed by atoms with Gasteiger partial charge in [0.1, 0.15) is 36.3 Å². The average Bonchev–Trinajstić information content (AvgIpc) is 3.67. The Kier molecular flexibility index (Phi) is 17.7. The van der Waals surface area contributed by atoms with Gasteiger partial charge in [0, 0.05) is 37.1 Å². The molecule has 334 valence electrons. The summed E-state index contributed by atoms with van der Waals surface area (Å²) in [6, 6.07) is 0. The zero-order chi connectivity index (χ0) is 44.6. The van der Waals surface area contributed by atoms with Gasteiger partial charge in [0.15, 0.2) is 22.8 Å². The maximum Gasteiger partial charge on any atom is 0.481 e. The van der Waals surface area contributed by atoms with Gasteiger partial charge in [-0.1, -0.05) is 32.5 Å². The molecule has 0 aromatic carbocycles. The van der Waals surface area contributed by atoms with Crippen molar-refractivity contribution in [2.24, 2.45) is 5.41 Å². The van der Waals surface area contributed by atoms with Crippen molar-refractivity contribution in [3.05, 3.63) is 12.7 Å². The molecule has 3 heterocycles. The summed E-state index contributed by atoms with van der Waals surface area (Å²) in [5.41, 5.74) is 2.49. The molecule has 1 aliphatic rings. The van der Waals surface area contributed by atoms with Crippen LogP contribution in [-0.4, -0.2) is 144 Å². The summed E-state index contributed by atoms with van der Waals surface area (Å²) >= 11 is 0.787. The highest BCUT2D eigenvalue weighted by atomic mass is 32.2. The van der Waals surface area contributed by atoms with E-state index in [0.717, 1.165) is 29.0 Å². The molecule has 2 amide bonds. The van der Waals surface area contributed by atoms with Gasteiger partial charge in [-0.15, -0.1) is 0 Å². The molecule has 2 aromatic heterocycles. The van der Waals surface area contributed by atoms with E-state index >= 15 is 0 Å². The number of anilines is 1. The Hall–Kier alpha value is -3.01. The summed E-state index contributed by atoms with van der Waals surface area (Å²) in [7, 11) is -16.5. The largest absolute Gasteiger partial charge is 0.481 e. The fourth-order valence-corrected chi connectivity index (χ4v) is 8.84. The minimum absolute atomic E-state index is 0.0150. The van der Waals surface area contributed by atoms with Gasteiger partial charge in [0.2, 0.25) is 11.8 Å². The first kappa shape index (κ1) is 50.3. The summed E-state index contributed by atoms with van der Waals surface area (Å²) in [4.78, 5) is 98.6. The Morgan fingerprint density at radius 1 is 1.03 bits per heavy atom. The SMILES string of the molecule is CCC(O)(CC(=O)O)CC(=O)SCCNC(=O)CCNC(=O)C(O)C(C)(C)COP(=O)(O)OP(=O)(O)OCC1OC(n2cnc3c(N)ncnc32)C(O)C1OP(=O)(O)O. The van der Waals surface area contributed by atoms with E-state index in [1.54, 1.807) is 6.92 Å². The third kappa shape index (κ3) is 15.4. The van der Waals surface area contributed by atoms with Crippen LogP contribution in [0.1, 0.15) is 52.7 Å². The lowest BCUT2D eigenvalue weighted by Crippen LogP contribution is -2.46. The summed E-state index contributed by atoms with van der Waals surface area (Å²) in [6.45, 7) is 1.63. The second-order valence-corrected chi connectivity index (χ2v) is 19.0. The normalized spacial score (nSPS) is 22.2. The third-order valence-corrected chi connectivity index (χ3v) is 12.4. The summed E-state index contributed by atoms with van der Waals surface area (Å²) < 4.78 is 62.0. The first-order valence-electron chi connectivity index (χ1n) is 17.2. The Balaban J connectivity index is 1.46. The molecule has 59 heavy (non-hydrogen) atoms. The van der Waals surface area contributed by atoms with Crippen molar-refractivity contribution in [2.75, 3.05) is 37.8 Å². The van der Waals surface area contributed by atoms with Crippen LogP contribution in [0, 0.1) is 5.41 Å². The van der Waals surface area contributed by atoms with E-state index in [1.807, 2.05) is 0 Å². The number of carbonyl (C=O) groups is 4. The van der Waals surface area contributed by atoms with Crippen molar-refractivity contribution < 1.29 is 95.5 Å². The number of carbonyl (C=O) groups excluding carboxylic acids is 3. The van der Waals surface area contributed by atoms with Gasteiger partial charge in [-0.2, -0.15) is 4.31 Å². The Morgan fingerprint density at radius 2 is 1.69 bits per heavy atom. The van der Waals surface area contributed by atoms with E-state index in [1.165, 1.54) is 13.8 Å². The number of imidazole rings is 1. The quantitative estimate of drug-likeness (QED) is 0.0429. The van der Waals surface area contributed by atoms with Crippen LogP contribution in [0.3, 0.4) is 0 Å². The first-order chi connectivity index (χ1) is 27.2. The number of ether oxygens (including phenoxy) is 1. The highest BCUT2D eigenvalue weighted by Gasteiger charge is 2.50. The number of aromatic nitrogens is 4. The lowest BCUT2D eigenvalue weighted by atomic mass is 9.87. The number of rotatable bonds is 24. The smallest absolute Gasteiger partial charge is 0.481 e. The van der Waals surface area contributed by atoms with Crippen LogP contribution in [0.5, 0.6) is 0 Å².